The highest BCUT2D eigenvalue weighted by atomic mass is 35.5. The maximum Gasteiger partial charge on any atom is 0.243 e. The van der Waals surface area contributed by atoms with Gasteiger partial charge in [0.15, 0.2) is 0 Å². The lowest BCUT2D eigenvalue weighted by molar-refractivity contribution is -0.114. The number of benzene rings is 2. The molecule has 2 rings (SSSR count). The van der Waals surface area contributed by atoms with Crippen molar-refractivity contribution in [3.8, 4) is 17.2 Å². The number of halogens is 1. The summed E-state index contributed by atoms with van der Waals surface area (Å²) in [5.41, 5.74) is 1.20. The van der Waals surface area contributed by atoms with E-state index >= 15 is 0 Å². The summed E-state index contributed by atoms with van der Waals surface area (Å²) in [7, 11) is 4.66. The van der Waals surface area contributed by atoms with Crippen LogP contribution in [0.5, 0.6) is 17.2 Å². The Kier molecular flexibility index (Phi) is 6.14. The Morgan fingerprint density at radius 1 is 0.958 bits per heavy atom. The fourth-order valence-corrected chi connectivity index (χ4v) is 2.21. The highest BCUT2D eigenvalue weighted by Crippen LogP contribution is 2.27. The SMILES string of the molecule is COc1cc(NC(=O)CNc2cc(OC)ccc2Cl)cc(OC)c1. The molecule has 0 atom stereocenters. The molecule has 0 bridgehead atoms. The summed E-state index contributed by atoms with van der Waals surface area (Å²) in [6.07, 6.45) is 0. The summed E-state index contributed by atoms with van der Waals surface area (Å²) in [6, 6.07) is 10.3. The third kappa shape index (κ3) is 4.70. The average Bonchev–Trinajstić information content (AvgIpc) is 2.60. The van der Waals surface area contributed by atoms with Crippen molar-refractivity contribution in [1.82, 2.24) is 0 Å². The minimum atomic E-state index is -0.232. The molecule has 128 valence electrons. The molecule has 0 aliphatic carbocycles. The number of methoxy groups -OCH3 is 3. The van der Waals surface area contributed by atoms with Gasteiger partial charge in [0.25, 0.3) is 0 Å². The zero-order valence-electron chi connectivity index (χ0n) is 13.7. The maximum atomic E-state index is 12.1. The van der Waals surface area contributed by atoms with Gasteiger partial charge in [0.05, 0.1) is 38.6 Å². The van der Waals surface area contributed by atoms with Gasteiger partial charge >= 0.3 is 0 Å². The normalized spacial score (nSPS) is 10.0. The molecule has 0 saturated heterocycles. The van der Waals surface area contributed by atoms with Crippen molar-refractivity contribution >= 4 is 28.9 Å². The van der Waals surface area contributed by atoms with Crippen LogP contribution in [-0.4, -0.2) is 33.8 Å². The second-order valence-electron chi connectivity index (χ2n) is 4.85. The minimum absolute atomic E-state index is 0.0480. The molecule has 0 saturated carbocycles. The van der Waals surface area contributed by atoms with Crippen molar-refractivity contribution in [2.75, 3.05) is 38.5 Å². The molecule has 0 aliphatic heterocycles. The summed E-state index contributed by atoms with van der Waals surface area (Å²) >= 11 is 6.09. The lowest BCUT2D eigenvalue weighted by Crippen LogP contribution is -2.21. The fraction of sp³-hybridized carbons (Fsp3) is 0.235. The van der Waals surface area contributed by atoms with Crippen molar-refractivity contribution in [3.63, 3.8) is 0 Å². The van der Waals surface area contributed by atoms with Gasteiger partial charge in [-0.25, -0.2) is 0 Å². The Labute approximate surface area is 145 Å². The highest BCUT2D eigenvalue weighted by Gasteiger charge is 2.08. The van der Waals surface area contributed by atoms with Crippen LogP contribution in [0.2, 0.25) is 5.02 Å². The van der Waals surface area contributed by atoms with E-state index in [0.29, 0.717) is 33.6 Å². The number of ether oxygens (including phenoxy) is 3. The van der Waals surface area contributed by atoms with Crippen LogP contribution in [-0.2, 0) is 4.79 Å². The topological polar surface area (TPSA) is 68.8 Å². The second-order valence-corrected chi connectivity index (χ2v) is 5.26. The van der Waals surface area contributed by atoms with Gasteiger partial charge in [-0.1, -0.05) is 11.6 Å². The molecule has 7 heteroatoms. The van der Waals surface area contributed by atoms with Gasteiger partial charge in [0.1, 0.15) is 17.2 Å². The van der Waals surface area contributed by atoms with Gasteiger partial charge in [-0.3, -0.25) is 4.79 Å². The van der Waals surface area contributed by atoms with E-state index in [1.807, 2.05) is 0 Å². The number of anilines is 2. The molecule has 1 amide bonds. The van der Waals surface area contributed by atoms with Gasteiger partial charge in [0.2, 0.25) is 5.91 Å². The molecule has 0 radical (unpaired) electrons. The number of hydrogen-bond donors (Lipinski definition) is 2. The Morgan fingerprint density at radius 2 is 1.58 bits per heavy atom. The van der Waals surface area contributed by atoms with E-state index in [-0.39, 0.29) is 12.5 Å². The standard InChI is InChI=1S/C17H19ClN2O4/c1-22-12-4-5-15(18)16(9-12)19-10-17(21)20-11-6-13(23-2)8-14(7-11)24-3/h4-9,19H,10H2,1-3H3,(H,20,21). The zero-order valence-corrected chi connectivity index (χ0v) is 14.4. The van der Waals surface area contributed by atoms with Crippen LogP contribution in [0.1, 0.15) is 0 Å². The molecule has 2 aromatic rings. The number of nitrogens with one attached hydrogen (secondary N) is 2. The molecule has 0 spiro atoms. The maximum absolute atomic E-state index is 12.1. The largest absolute Gasteiger partial charge is 0.497 e. The van der Waals surface area contributed by atoms with Crippen LogP contribution in [0.25, 0.3) is 0 Å². The van der Waals surface area contributed by atoms with Crippen molar-refractivity contribution in [2.24, 2.45) is 0 Å². The highest BCUT2D eigenvalue weighted by molar-refractivity contribution is 6.33. The van der Waals surface area contributed by atoms with E-state index in [2.05, 4.69) is 10.6 Å². The molecule has 0 unspecified atom stereocenters. The first-order chi connectivity index (χ1) is 11.5. The van der Waals surface area contributed by atoms with Gasteiger partial charge < -0.3 is 24.8 Å². The number of rotatable bonds is 7. The lowest BCUT2D eigenvalue weighted by Gasteiger charge is -2.12. The smallest absolute Gasteiger partial charge is 0.243 e. The first kappa shape index (κ1) is 17.7. The molecule has 0 aliphatic rings. The molecule has 0 fully saturated rings. The molecular weight excluding hydrogens is 332 g/mol. The fourth-order valence-electron chi connectivity index (χ4n) is 2.03. The molecule has 0 heterocycles. The molecule has 6 nitrogen and oxygen atoms in total. The monoisotopic (exact) mass is 350 g/mol. The summed E-state index contributed by atoms with van der Waals surface area (Å²) in [6.45, 7) is 0.0480. The summed E-state index contributed by atoms with van der Waals surface area (Å²) in [5.74, 6) is 1.60. The molecule has 2 aromatic carbocycles. The summed E-state index contributed by atoms with van der Waals surface area (Å²) in [5, 5.41) is 6.26. The first-order valence-corrected chi connectivity index (χ1v) is 7.54. The van der Waals surface area contributed by atoms with Crippen LogP contribution in [0.4, 0.5) is 11.4 Å². The summed E-state index contributed by atoms with van der Waals surface area (Å²) in [4.78, 5) is 12.1. The third-order valence-electron chi connectivity index (χ3n) is 3.25. The van der Waals surface area contributed by atoms with E-state index < -0.39 is 0 Å². The quantitative estimate of drug-likeness (QED) is 0.800. The van der Waals surface area contributed by atoms with Gasteiger partial charge in [0, 0.05) is 30.0 Å². The number of carbonyl (C=O) groups excluding carboxylic acids is 1. The van der Waals surface area contributed by atoms with Gasteiger partial charge in [-0.05, 0) is 12.1 Å². The Bertz CT molecular complexity index is 699. The summed E-state index contributed by atoms with van der Waals surface area (Å²) < 4.78 is 15.5. The second kappa shape index (κ2) is 8.31. The molecule has 24 heavy (non-hydrogen) atoms. The van der Waals surface area contributed by atoms with E-state index in [1.165, 1.54) is 0 Å². The molecule has 0 aromatic heterocycles. The van der Waals surface area contributed by atoms with E-state index in [0.717, 1.165) is 0 Å². The van der Waals surface area contributed by atoms with Crippen molar-refractivity contribution in [3.05, 3.63) is 41.4 Å². The van der Waals surface area contributed by atoms with Crippen LogP contribution in [0, 0.1) is 0 Å². The van der Waals surface area contributed by atoms with E-state index in [4.69, 9.17) is 25.8 Å². The average molecular weight is 351 g/mol. The Morgan fingerprint density at radius 3 is 2.17 bits per heavy atom. The van der Waals surface area contributed by atoms with Crippen LogP contribution in [0.15, 0.2) is 36.4 Å². The van der Waals surface area contributed by atoms with Gasteiger partial charge in [-0.15, -0.1) is 0 Å². The van der Waals surface area contributed by atoms with Crippen LogP contribution >= 0.6 is 11.6 Å². The number of hydrogen-bond acceptors (Lipinski definition) is 5. The predicted molar refractivity (Wildman–Crippen MR) is 94.7 cm³/mol. The van der Waals surface area contributed by atoms with Crippen LogP contribution < -0.4 is 24.8 Å². The van der Waals surface area contributed by atoms with Crippen molar-refractivity contribution in [2.45, 2.75) is 0 Å². The first-order valence-electron chi connectivity index (χ1n) is 7.16. The van der Waals surface area contributed by atoms with E-state index in [1.54, 1.807) is 57.7 Å². The van der Waals surface area contributed by atoms with Crippen LogP contribution in [0.3, 0.4) is 0 Å². The number of carbonyl (C=O) groups is 1. The van der Waals surface area contributed by atoms with E-state index in [9.17, 15) is 4.79 Å². The third-order valence-corrected chi connectivity index (χ3v) is 3.58. The van der Waals surface area contributed by atoms with Gasteiger partial charge in [-0.2, -0.15) is 0 Å². The Balaban J connectivity index is 2.01. The van der Waals surface area contributed by atoms with Crippen molar-refractivity contribution in [1.29, 1.82) is 0 Å². The van der Waals surface area contributed by atoms with Crippen molar-refractivity contribution < 1.29 is 19.0 Å². The predicted octanol–water partition coefficient (Wildman–Crippen LogP) is 3.42. The minimum Gasteiger partial charge on any atom is -0.497 e. The Hall–Kier alpha value is -2.60. The zero-order chi connectivity index (χ0) is 17.5. The number of amides is 1. The molecular formula is C17H19ClN2O4. The lowest BCUT2D eigenvalue weighted by atomic mass is 10.2. The molecule has 2 N–H and O–H groups in total.